The Bertz CT molecular complexity index is 1390. The third kappa shape index (κ3) is 4.00. The highest BCUT2D eigenvalue weighted by atomic mass is 19.3. The van der Waals surface area contributed by atoms with Gasteiger partial charge in [0.25, 0.3) is 6.43 Å². The number of methoxy groups -OCH3 is 1. The highest BCUT2D eigenvalue weighted by Crippen LogP contribution is 2.39. The molecule has 34 heavy (non-hydrogen) atoms. The van der Waals surface area contributed by atoms with E-state index >= 15 is 0 Å². The summed E-state index contributed by atoms with van der Waals surface area (Å²) < 4.78 is 47.0. The van der Waals surface area contributed by atoms with E-state index < -0.39 is 30.2 Å². The Labute approximate surface area is 190 Å². The largest absolute Gasteiger partial charge is 0.494 e. The fraction of sp³-hybridized carbons (Fsp3) is 0.286. The van der Waals surface area contributed by atoms with Crippen molar-refractivity contribution in [2.45, 2.75) is 19.0 Å². The van der Waals surface area contributed by atoms with Crippen LogP contribution in [0.2, 0.25) is 0 Å². The lowest BCUT2D eigenvalue weighted by Gasteiger charge is -2.15. The maximum Gasteiger partial charge on any atom is 0.295 e. The minimum Gasteiger partial charge on any atom is -0.494 e. The van der Waals surface area contributed by atoms with Gasteiger partial charge >= 0.3 is 0 Å². The van der Waals surface area contributed by atoms with Gasteiger partial charge in [-0.25, -0.2) is 28.1 Å². The van der Waals surface area contributed by atoms with E-state index in [1.807, 2.05) is 0 Å². The number of hydrogen-bond acceptors (Lipinski definition) is 7. The highest BCUT2D eigenvalue weighted by molar-refractivity contribution is 5.98. The SMILES string of the molecule is COc1c(Nc2cc(NC(=O)[C@H]3C[C@@H]3F)nc3[nH]c(C(F)F)nc23)cccc1-c1ncn(C)n1. The van der Waals surface area contributed by atoms with Crippen LogP contribution in [-0.2, 0) is 11.8 Å². The van der Waals surface area contributed by atoms with E-state index in [2.05, 4.69) is 35.7 Å². The molecule has 0 saturated heterocycles. The average Bonchev–Trinajstić information content (AvgIpc) is 3.18. The number of carbonyl (C=O) groups is 1. The number of halogens is 3. The molecule has 1 aromatic carbocycles. The number of pyridine rings is 1. The van der Waals surface area contributed by atoms with Crippen molar-refractivity contribution in [2.75, 3.05) is 17.7 Å². The van der Waals surface area contributed by atoms with Gasteiger partial charge in [0, 0.05) is 13.1 Å². The van der Waals surface area contributed by atoms with Gasteiger partial charge in [0.2, 0.25) is 5.91 Å². The summed E-state index contributed by atoms with van der Waals surface area (Å²) in [6.07, 6.45) is -2.35. The summed E-state index contributed by atoms with van der Waals surface area (Å²) in [5.74, 6) is -0.939. The van der Waals surface area contributed by atoms with Crippen molar-refractivity contribution in [2.24, 2.45) is 13.0 Å². The number of aromatic amines is 1. The summed E-state index contributed by atoms with van der Waals surface area (Å²) >= 11 is 0. The summed E-state index contributed by atoms with van der Waals surface area (Å²) in [6.45, 7) is 0. The molecule has 3 aromatic heterocycles. The number of rotatable bonds is 7. The van der Waals surface area contributed by atoms with E-state index in [0.29, 0.717) is 22.8 Å². The van der Waals surface area contributed by atoms with E-state index in [4.69, 9.17) is 4.74 Å². The number of para-hydroxylation sites is 1. The first-order valence-electron chi connectivity index (χ1n) is 10.3. The van der Waals surface area contributed by atoms with Crippen LogP contribution in [-0.4, -0.2) is 48.9 Å². The van der Waals surface area contributed by atoms with Gasteiger partial charge in [0.15, 0.2) is 23.0 Å². The molecule has 3 heterocycles. The van der Waals surface area contributed by atoms with Crippen molar-refractivity contribution in [3.8, 4) is 17.1 Å². The molecule has 0 unspecified atom stereocenters. The van der Waals surface area contributed by atoms with Crippen molar-refractivity contribution < 1.29 is 22.7 Å². The van der Waals surface area contributed by atoms with E-state index in [1.54, 1.807) is 36.3 Å². The van der Waals surface area contributed by atoms with Gasteiger partial charge in [0.1, 0.15) is 23.8 Å². The maximum atomic E-state index is 13.3. The highest BCUT2D eigenvalue weighted by Gasteiger charge is 2.43. The molecule has 10 nitrogen and oxygen atoms in total. The van der Waals surface area contributed by atoms with Crippen molar-refractivity contribution in [1.29, 1.82) is 0 Å². The van der Waals surface area contributed by atoms with Crippen molar-refractivity contribution in [3.63, 3.8) is 0 Å². The molecular weight excluding hydrogens is 453 g/mol. The molecule has 176 valence electrons. The summed E-state index contributed by atoms with van der Waals surface area (Å²) in [5.41, 5.74) is 1.52. The van der Waals surface area contributed by atoms with Crippen molar-refractivity contribution in [1.82, 2.24) is 29.7 Å². The number of carbonyl (C=O) groups excluding carboxylic acids is 1. The topological polar surface area (TPSA) is 123 Å². The third-order valence-electron chi connectivity index (χ3n) is 5.31. The fourth-order valence-electron chi connectivity index (χ4n) is 3.56. The van der Waals surface area contributed by atoms with Crippen LogP contribution in [0.3, 0.4) is 0 Å². The summed E-state index contributed by atoms with van der Waals surface area (Å²) in [5, 5.41) is 9.96. The quantitative estimate of drug-likeness (QED) is 0.374. The number of hydrogen-bond donors (Lipinski definition) is 3. The number of alkyl halides is 3. The van der Waals surface area contributed by atoms with Crippen LogP contribution < -0.4 is 15.4 Å². The molecule has 5 rings (SSSR count). The number of H-pyrrole nitrogens is 1. The molecule has 0 bridgehead atoms. The summed E-state index contributed by atoms with van der Waals surface area (Å²) in [7, 11) is 3.22. The van der Waals surface area contributed by atoms with Crippen LogP contribution in [0.15, 0.2) is 30.6 Å². The first-order valence-corrected chi connectivity index (χ1v) is 10.3. The zero-order valence-corrected chi connectivity index (χ0v) is 18.0. The molecule has 0 aliphatic heterocycles. The van der Waals surface area contributed by atoms with Crippen molar-refractivity contribution in [3.05, 3.63) is 36.4 Å². The van der Waals surface area contributed by atoms with Crippen LogP contribution >= 0.6 is 0 Å². The van der Waals surface area contributed by atoms with E-state index in [1.165, 1.54) is 13.2 Å². The molecule has 1 saturated carbocycles. The predicted octanol–water partition coefficient (Wildman–Crippen LogP) is 3.74. The lowest BCUT2D eigenvalue weighted by molar-refractivity contribution is -0.117. The number of ether oxygens (including phenoxy) is 1. The second kappa shape index (κ2) is 8.32. The number of benzene rings is 1. The molecular formula is C21H19F3N8O2. The molecule has 2 atom stereocenters. The number of nitrogens with one attached hydrogen (secondary N) is 3. The fourth-order valence-corrected chi connectivity index (χ4v) is 3.56. The smallest absolute Gasteiger partial charge is 0.295 e. The standard InChI is InChI=1S/C21H19F3N8O2/c1-32-8-25-18(31-32)9-4-3-5-12(16(9)34-2)26-13-7-14(28-21(33)10-6-11(10)22)27-19-15(13)29-20(30-19)17(23)24/h3-5,7-8,10-11,17H,6H2,1-2H3,(H3,26,27,28,29,30,33)/t10-,11-/m0/s1. The molecule has 4 aromatic rings. The molecule has 0 spiro atoms. The number of fused-ring (bicyclic) bond motifs is 1. The minimum atomic E-state index is -2.85. The number of imidazole rings is 1. The lowest BCUT2D eigenvalue weighted by atomic mass is 10.1. The lowest BCUT2D eigenvalue weighted by Crippen LogP contribution is -2.16. The van der Waals surface area contributed by atoms with Crippen LogP contribution in [0.1, 0.15) is 18.7 Å². The molecule has 1 aliphatic rings. The van der Waals surface area contributed by atoms with Gasteiger partial charge in [-0.3, -0.25) is 9.48 Å². The van der Waals surface area contributed by atoms with Crippen LogP contribution in [0.25, 0.3) is 22.6 Å². The van der Waals surface area contributed by atoms with Gasteiger partial charge in [-0.2, -0.15) is 5.10 Å². The maximum absolute atomic E-state index is 13.3. The first-order chi connectivity index (χ1) is 16.3. The Hall–Kier alpha value is -4.16. The Morgan fingerprint density at radius 2 is 2.09 bits per heavy atom. The molecule has 13 heteroatoms. The minimum absolute atomic E-state index is 0.0321. The van der Waals surface area contributed by atoms with Crippen molar-refractivity contribution >= 4 is 34.3 Å². The van der Waals surface area contributed by atoms with Gasteiger partial charge < -0.3 is 20.4 Å². The van der Waals surface area contributed by atoms with Gasteiger partial charge in [-0.1, -0.05) is 6.07 Å². The third-order valence-corrected chi connectivity index (χ3v) is 5.31. The molecule has 0 radical (unpaired) electrons. The average molecular weight is 472 g/mol. The second-order valence-electron chi connectivity index (χ2n) is 7.78. The molecule has 1 fully saturated rings. The van der Waals surface area contributed by atoms with Gasteiger partial charge in [0.05, 0.1) is 30.0 Å². The van der Waals surface area contributed by atoms with E-state index in [-0.39, 0.29) is 29.1 Å². The Morgan fingerprint density at radius 1 is 1.29 bits per heavy atom. The number of anilines is 3. The Morgan fingerprint density at radius 3 is 2.74 bits per heavy atom. The number of aryl methyl sites for hydroxylation is 1. The number of nitrogens with zero attached hydrogens (tertiary/aromatic N) is 5. The monoisotopic (exact) mass is 472 g/mol. The predicted molar refractivity (Wildman–Crippen MR) is 117 cm³/mol. The Kier molecular flexibility index (Phi) is 5.30. The van der Waals surface area contributed by atoms with E-state index in [9.17, 15) is 18.0 Å². The van der Waals surface area contributed by atoms with Crippen LogP contribution in [0, 0.1) is 5.92 Å². The molecule has 1 aliphatic carbocycles. The Balaban J connectivity index is 1.56. The van der Waals surface area contributed by atoms with Gasteiger partial charge in [-0.15, -0.1) is 0 Å². The number of aromatic nitrogens is 6. The molecule has 3 N–H and O–H groups in total. The zero-order valence-electron chi connectivity index (χ0n) is 18.0. The first kappa shape index (κ1) is 21.7. The van der Waals surface area contributed by atoms with Crippen LogP contribution in [0.4, 0.5) is 30.4 Å². The van der Waals surface area contributed by atoms with Crippen LogP contribution in [0.5, 0.6) is 5.75 Å². The summed E-state index contributed by atoms with van der Waals surface area (Å²) in [6, 6.07) is 6.69. The second-order valence-corrected chi connectivity index (χ2v) is 7.78. The normalized spacial score (nSPS) is 17.2. The summed E-state index contributed by atoms with van der Waals surface area (Å²) in [4.78, 5) is 27.0. The molecule has 1 amide bonds. The van der Waals surface area contributed by atoms with E-state index in [0.717, 1.165) is 0 Å². The zero-order chi connectivity index (χ0) is 24.0. The van der Waals surface area contributed by atoms with Gasteiger partial charge in [-0.05, 0) is 18.6 Å². The number of amides is 1.